The van der Waals surface area contributed by atoms with Crippen LogP contribution >= 0.6 is 0 Å². The first-order chi connectivity index (χ1) is 11.2. The first-order valence-electron chi connectivity index (χ1n) is 7.85. The molecule has 0 aliphatic carbocycles. The molecule has 0 radical (unpaired) electrons. The fraction of sp³-hybridized carbons (Fsp3) is 0.562. The van der Waals surface area contributed by atoms with Crippen molar-refractivity contribution < 1.29 is 17.9 Å². The summed E-state index contributed by atoms with van der Waals surface area (Å²) < 4.78 is 31.4. The van der Waals surface area contributed by atoms with E-state index in [1.165, 1.54) is 0 Å². The fourth-order valence-corrected chi connectivity index (χ4v) is 3.34. The van der Waals surface area contributed by atoms with Gasteiger partial charge < -0.3 is 15.0 Å². The predicted molar refractivity (Wildman–Crippen MR) is 93.8 cm³/mol. The topological polar surface area (TPSA) is 87.7 Å². The third kappa shape index (κ3) is 4.85. The van der Waals surface area contributed by atoms with Gasteiger partial charge in [-0.05, 0) is 25.2 Å². The van der Waals surface area contributed by atoms with Gasteiger partial charge in [0.2, 0.25) is 15.9 Å². The average Bonchev–Trinajstić information content (AvgIpc) is 2.50. The number of ether oxygens (including phenoxy) is 1. The van der Waals surface area contributed by atoms with Crippen LogP contribution in [0.15, 0.2) is 18.2 Å². The number of hydrogen-bond donors (Lipinski definition) is 2. The van der Waals surface area contributed by atoms with Crippen molar-refractivity contribution in [3.8, 4) is 5.75 Å². The number of sulfonamides is 1. The summed E-state index contributed by atoms with van der Waals surface area (Å²) in [5, 5.41) is 3.12. The van der Waals surface area contributed by atoms with E-state index in [9.17, 15) is 13.2 Å². The van der Waals surface area contributed by atoms with Crippen molar-refractivity contribution in [1.82, 2.24) is 10.2 Å². The summed E-state index contributed by atoms with van der Waals surface area (Å²) >= 11 is 0. The molecule has 1 aliphatic heterocycles. The van der Waals surface area contributed by atoms with Gasteiger partial charge in [-0.25, -0.2) is 8.42 Å². The number of likely N-dealkylation sites (N-methyl/N-ethyl adjacent to an activating group) is 2. The van der Waals surface area contributed by atoms with Gasteiger partial charge in [0, 0.05) is 37.3 Å². The normalized spacial score (nSPS) is 22.0. The Kier molecular flexibility index (Phi) is 5.71. The molecule has 0 saturated carbocycles. The first kappa shape index (κ1) is 18.5. The molecule has 1 aromatic rings. The average molecular weight is 355 g/mol. The Morgan fingerprint density at radius 2 is 2.08 bits per heavy atom. The molecular formula is C16H25N3O4S. The summed E-state index contributed by atoms with van der Waals surface area (Å²) in [6, 6.07) is 5.03. The minimum Gasteiger partial charge on any atom is -0.488 e. The van der Waals surface area contributed by atoms with E-state index in [1.54, 1.807) is 30.1 Å². The molecule has 0 unspecified atom stereocenters. The lowest BCUT2D eigenvalue weighted by molar-refractivity contribution is -0.129. The highest BCUT2D eigenvalue weighted by Crippen LogP contribution is 2.28. The molecule has 0 spiro atoms. The lowest BCUT2D eigenvalue weighted by Crippen LogP contribution is -2.41. The van der Waals surface area contributed by atoms with Crippen molar-refractivity contribution >= 4 is 21.6 Å². The molecule has 1 aliphatic rings. The molecule has 8 heteroatoms. The van der Waals surface area contributed by atoms with Crippen molar-refractivity contribution in [2.75, 3.05) is 38.2 Å². The second-order valence-corrected chi connectivity index (χ2v) is 8.09. The van der Waals surface area contributed by atoms with E-state index in [1.807, 2.05) is 7.05 Å². The van der Waals surface area contributed by atoms with Gasteiger partial charge in [0.05, 0.1) is 12.7 Å². The number of anilines is 1. The molecule has 0 aromatic heterocycles. The molecule has 0 fully saturated rings. The highest BCUT2D eigenvalue weighted by molar-refractivity contribution is 7.92. The molecule has 2 atom stereocenters. The first-order valence-corrected chi connectivity index (χ1v) is 9.74. The summed E-state index contributed by atoms with van der Waals surface area (Å²) in [6.45, 7) is 3.32. The maximum absolute atomic E-state index is 12.4. The largest absolute Gasteiger partial charge is 0.488 e. The molecule has 134 valence electrons. The molecule has 0 bridgehead atoms. The number of benzene rings is 1. The van der Waals surface area contributed by atoms with Gasteiger partial charge in [0.15, 0.2) is 0 Å². The predicted octanol–water partition coefficient (Wildman–Crippen LogP) is 0.676. The monoisotopic (exact) mass is 355 g/mol. The third-order valence-corrected chi connectivity index (χ3v) is 4.62. The van der Waals surface area contributed by atoms with Crippen LogP contribution in [0.25, 0.3) is 0 Å². The Balaban J connectivity index is 2.40. The van der Waals surface area contributed by atoms with E-state index in [-0.39, 0.29) is 24.3 Å². The smallest absolute Gasteiger partial charge is 0.229 e. The lowest BCUT2D eigenvalue weighted by atomic mass is 10.0. The number of nitrogens with one attached hydrogen (secondary N) is 2. The number of rotatable bonds is 4. The molecule has 1 heterocycles. The molecular weight excluding hydrogens is 330 g/mol. The number of nitrogens with zero attached hydrogens (tertiary/aromatic N) is 1. The van der Waals surface area contributed by atoms with Crippen LogP contribution in [0.1, 0.15) is 12.5 Å². The second kappa shape index (κ2) is 7.40. The summed E-state index contributed by atoms with van der Waals surface area (Å²) in [4.78, 5) is 14.1. The zero-order chi connectivity index (χ0) is 17.9. The zero-order valence-electron chi connectivity index (χ0n) is 14.5. The van der Waals surface area contributed by atoms with E-state index in [2.05, 4.69) is 17.0 Å². The third-order valence-electron chi connectivity index (χ3n) is 4.01. The Hall–Kier alpha value is -1.80. The van der Waals surface area contributed by atoms with Crippen LogP contribution in [0.2, 0.25) is 0 Å². The summed E-state index contributed by atoms with van der Waals surface area (Å²) in [6.07, 6.45) is 1.18. The van der Waals surface area contributed by atoms with Gasteiger partial charge in [-0.1, -0.05) is 6.92 Å². The quantitative estimate of drug-likeness (QED) is 0.829. The molecule has 0 saturated heterocycles. The van der Waals surface area contributed by atoms with Crippen LogP contribution in [0.5, 0.6) is 5.75 Å². The van der Waals surface area contributed by atoms with Gasteiger partial charge in [-0.3, -0.25) is 9.52 Å². The van der Waals surface area contributed by atoms with Gasteiger partial charge in [-0.15, -0.1) is 0 Å². The maximum Gasteiger partial charge on any atom is 0.229 e. The maximum atomic E-state index is 12.4. The van der Waals surface area contributed by atoms with E-state index < -0.39 is 10.0 Å². The standard InChI is InChI=1S/C16H25N3O4S/c1-11-10-19(3)16(20)8-12-7-13(18-24(4,21)22)5-6-14(12)23-15(11)9-17-2/h5-7,11,15,17-18H,8-10H2,1-4H3/t11-,15+/m1/s1. The van der Waals surface area contributed by atoms with Crippen molar-refractivity contribution in [2.45, 2.75) is 19.4 Å². The molecule has 7 nitrogen and oxygen atoms in total. The van der Waals surface area contributed by atoms with Crippen LogP contribution in [-0.4, -0.2) is 58.8 Å². The number of amides is 1. The highest BCUT2D eigenvalue weighted by Gasteiger charge is 2.26. The summed E-state index contributed by atoms with van der Waals surface area (Å²) in [5.41, 5.74) is 1.10. The Morgan fingerprint density at radius 3 is 2.71 bits per heavy atom. The van der Waals surface area contributed by atoms with Crippen LogP contribution in [-0.2, 0) is 21.2 Å². The van der Waals surface area contributed by atoms with Crippen LogP contribution in [0, 0.1) is 5.92 Å². The SMILES string of the molecule is CNC[C@@H]1Oc2ccc(NS(C)(=O)=O)cc2CC(=O)N(C)C[C@H]1C. The van der Waals surface area contributed by atoms with E-state index in [4.69, 9.17) is 4.74 Å². The van der Waals surface area contributed by atoms with Crippen molar-refractivity contribution in [3.05, 3.63) is 23.8 Å². The fourth-order valence-electron chi connectivity index (χ4n) is 2.78. The minimum atomic E-state index is -3.38. The van der Waals surface area contributed by atoms with Crippen LogP contribution < -0.4 is 14.8 Å². The van der Waals surface area contributed by atoms with E-state index in [0.717, 1.165) is 6.26 Å². The summed E-state index contributed by atoms with van der Waals surface area (Å²) in [5.74, 6) is 0.754. The molecule has 2 N–H and O–H groups in total. The van der Waals surface area contributed by atoms with Crippen molar-refractivity contribution in [2.24, 2.45) is 5.92 Å². The number of fused-ring (bicyclic) bond motifs is 1. The van der Waals surface area contributed by atoms with Gasteiger partial charge >= 0.3 is 0 Å². The van der Waals surface area contributed by atoms with Crippen LogP contribution in [0.3, 0.4) is 0 Å². The zero-order valence-corrected chi connectivity index (χ0v) is 15.3. The van der Waals surface area contributed by atoms with Crippen molar-refractivity contribution in [1.29, 1.82) is 0 Å². The van der Waals surface area contributed by atoms with Crippen molar-refractivity contribution in [3.63, 3.8) is 0 Å². The number of carbonyl (C=O) groups excluding carboxylic acids is 1. The van der Waals surface area contributed by atoms with E-state index >= 15 is 0 Å². The van der Waals surface area contributed by atoms with Gasteiger partial charge in [0.25, 0.3) is 0 Å². The summed E-state index contributed by atoms with van der Waals surface area (Å²) in [7, 11) is 0.260. The molecule has 1 aromatic carbocycles. The Labute approximate surface area is 143 Å². The lowest BCUT2D eigenvalue weighted by Gasteiger charge is -2.27. The minimum absolute atomic E-state index is 0.0201. The van der Waals surface area contributed by atoms with E-state index in [0.29, 0.717) is 30.1 Å². The van der Waals surface area contributed by atoms with Crippen LogP contribution in [0.4, 0.5) is 5.69 Å². The molecule has 1 amide bonds. The Morgan fingerprint density at radius 1 is 1.38 bits per heavy atom. The highest BCUT2D eigenvalue weighted by atomic mass is 32.2. The number of hydrogen-bond acceptors (Lipinski definition) is 5. The molecule has 2 rings (SSSR count). The number of carbonyl (C=O) groups is 1. The van der Waals surface area contributed by atoms with Gasteiger partial charge in [0.1, 0.15) is 11.9 Å². The second-order valence-electron chi connectivity index (χ2n) is 6.34. The van der Waals surface area contributed by atoms with Gasteiger partial charge in [-0.2, -0.15) is 0 Å². The Bertz CT molecular complexity index is 705. The molecule has 24 heavy (non-hydrogen) atoms.